The summed E-state index contributed by atoms with van der Waals surface area (Å²) in [5.74, 6) is 0.462. The molecule has 1 aliphatic rings. The molecule has 2 aromatic rings. The maximum Gasteiger partial charge on any atom is 0.226 e. The van der Waals surface area contributed by atoms with E-state index < -0.39 is 0 Å². The zero-order chi connectivity index (χ0) is 16.1. The lowest BCUT2D eigenvalue weighted by molar-refractivity contribution is -0.121. The maximum absolute atomic E-state index is 11.8. The number of carbonyl (C=O) groups excluding carboxylic acids is 2. The van der Waals surface area contributed by atoms with E-state index in [4.69, 9.17) is 0 Å². The van der Waals surface area contributed by atoms with E-state index >= 15 is 0 Å². The molecule has 8 heteroatoms. The Labute approximate surface area is 138 Å². The number of nitrogens with one attached hydrogen (secondary N) is 1. The van der Waals surface area contributed by atoms with Crippen LogP contribution in [0.5, 0.6) is 0 Å². The number of thiazole rings is 1. The van der Waals surface area contributed by atoms with Gasteiger partial charge in [-0.3, -0.25) is 14.3 Å². The van der Waals surface area contributed by atoms with Crippen molar-refractivity contribution in [2.45, 2.75) is 44.6 Å². The van der Waals surface area contributed by atoms with Crippen molar-refractivity contribution in [3.05, 3.63) is 28.5 Å². The monoisotopic (exact) mass is 333 g/mol. The normalized spacial score (nSPS) is 18.1. The highest BCUT2D eigenvalue weighted by Crippen LogP contribution is 2.29. The number of rotatable bonds is 6. The van der Waals surface area contributed by atoms with E-state index in [9.17, 15) is 9.59 Å². The highest BCUT2D eigenvalue weighted by molar-refractivity contribution is 7.07. The molecule has 0 bridgehead atoms. The van der Waals surface area contributed by atoms with Crippen molar-refractivity contribution in [2.75, 3.05) is 6.54 Å². The van der Waals surface area contributed by atoms with Gasteiger partial charge in [-0.25, -0.2) is 4.98 Å². The third kappa shape index (κ3) is 4.44. The minimum atomic E-state index is -0.0471. The van der Waals surface area contributed by atoms with E-state index in [1.165, 1.54) is 11.3 Å². The van der Waals surface area contributed by atoms with Gasteiger partial charge in [0.25, 0.3) is 0 Å². The number of carbonyl (C=O) groups is 2. The van der Waals surface area contributed by atoms with E-state index in [1.807, 2.05) is 11.6 Å². The fourth-order valence-electron chi connectivity index (χ4n) is 2.75. The Morgan fingerprint density at radius 3 is 3.17 bits per heavy atom. The molecule has 0 spiro atoms. The van der Waals surface area contributed by atoms with Crippen molar-refractivity contribution >= 4 is 23.0 Å². The molecule has 23 heavy (non-hydrogen) atoms. The Morgan fingerprint density at radius 2 is 2.39 bits per heavy atom. The molecule has 7 nitrogen and oxygen atoms in total. The van der Waals surface area contributed by atoms with Crippen LogP contribution in [-0.4, -0.2) is 38.2 Å². The molecule has 1 unspecified atom stereocenters. The smallest absolute Gasteiger partial charge is 0.226 e. The summed E-state index contributed by atoms with van der Waals surface area (Å²) >= 11 is 1.48. The maximum atomic E-state index is 11.8. The summed E-state index contributed by atoms with van der Waals surface area (Å²) in [6.07, 6.45) is 5.38. The van der Waals surface area contributed by atoms with E-state index in [-0.39, 0.29) is 11.8 Å². The predicted octanol–water partition coefficient (Wildman–Crippen LogP) is 1.32. The molecule has 0 saturated heterocycles. The van der Waals surface area contributed by atoms with Crippen LogP contribution < -0.4 is 5.32 Å². The summed E-state index contributed by atoms with van der Waals surface area (Å²) in [4.78, 5) is 27.4. The minimum absolute atomic E-state index is 0.0471. The molecule has 3 rings (SSSR count). The SMILES string of the molecule is O=C1CCCC(c2cn(CCNC(=O)Cc3cscn3)nn2)C1. The molecule has 0 radical (unpaired) electrons. The van der Waals surface area contributed by atoms with Crippen LogP contribution in [0.2, 0.25) is 0 Å². The second-order valence-corrected chi connectivity index (χ2v) is 6.46. The number of ketones is 1. The van der Waals surface area contributed by atoms with Gasteiger partial charge >= 0.3 is 0 Å². The summed E-state index contributed by atoms with van der Waals surface area (Å²) in [6.45, 7) is 1.06. The first kappa shape index (κ1) is 15.8. The second kappa shape index (κ2) is 7.45. The molecule has 1 atom stereocenters. The first-order chi connectivity index (χ1) is 11.2. The summed E-state index contributed by atoms with van der Waals surface area (Å²) in [5, 5.41) is 13.0. The van der Waals surface area contributed by atoms with Gasteiger partial charge in [0, 0.05) is 36.9 Å². The zero-order valence-corrected chi connectivity index (χ0v) is 13.6. The van der Waals surface area contributed by atoms with Gasteiger partial charge in [-0.2, -0.15) is 0 Å². The molecule has 2 aromatic heterocycles. The van der Waals surface area contributed by atoms with E-state index in [0.29, 0.717) is 38.1 Å². The average Bonchev–Trinajstić information content (AvgIpc) is 3.19. The molecule has 2 heterocycles. The Kier molecular flexibility index (Phi) is 5.12. The van der Waals surface area contributed by atoms with Crippen LogP contribution in [0.25, 0.3) is 0 Å². The topological polar surface area (TPSA) is 89.8 Å². The van der Waals surface area contributed by atoms with Crippen LogP contribution in [0.3, 0.4) is 0 Å². The minimum Gasteiger partial charge on any atom is -0.354 e. The van der Waals surface area contributed by atoms with Crippen molar-refractivity contribution in [1.82, 2.24) is 25.3 Å². The lowest BCUT2D eigenvalue weighted by Crippen LogP contribution is -2.28. The van der Waals surface area contributed by atoms with Gasteiger partial charge in [-0.1, -0.05) is 5.21 Å². The van der Waals surface area contributed by atoms with Crippen molar-refractivity contribution in [1.29, 1.82) is 0 Å². The highest BCUT2D eigenvalue weighted by Gasteiger charge is 2.23. The predicted molar refractivity (Wildman–Crippen MR) is 85.1 cm³/mol. The fraction of sp³-hybridized carbons (Fsp3) is 0.533. The van der Waals surface area contributed by atoms with Gasteiger partial charge < -0.3 is 5.32 Å². The van der Waals surface area contributed by atoms with E-state index in [2.05, 4.69) is 20.6 Å². The molecule has 1 N–H and O–H groups in total. The van der Waals surface area contributed by atoms with Crippen LogP contribution >= 0.6 is 11.3 Å². The number of amides is 1. The van der Waals surface area contributed by atoms with Crippen LogP contribution in [0.15, 0.2) is 17.1 Å². The van der Waals surface area contributed by atoms with Crippen LogP contribution in [0.1, 0.15) is 43.0 Å². The largest absolute Gasteiger partial charge is 0.354 e. The first-order valence-electron chi connectivity index (χ1n) is 7.76. The quantitative estimate of drug-likeness (QED) is 0.861. The lowest BCUT2D eigenvalue weighted by Gasteiger charge is -2.17. The molecular weight excluding hydrogens is 314 g/mol. The van der Waals surface area contributed by atoms with Crippen molar-refractivity contribution in [2.24, 2.45) is 0 Å². The third-order valence-corrected chi connectivity index (χ3v) is 4.58. The van der Waals surface area contributed by atoms with Crippen molar-refractivity contribution in [3.63, 3.8) is 0 Å². The van der Waals surface area contributed by atoms with Gasteiger partial charge in [-0.15, -0.1) is 16.4 Å². The molecule has 1 fully saturated rings. The van der Waals surface area contributed by atoms with Gasteiger partial charge in [0.05, 0.1) is 29.9 Å². The van der Waals surface area contributed by atoms with Gasteiger partial charge in [0.15, 0.2) is 0 Å². The first-order valence-corrected chi connectivity index (χ1v) is 8.70. The van der Waals surface area contributed by atoms with Crippen LogP contribution in [-0.2, 0) is 22.6 Å². The van der Waals surface area contributed by atoms with Crippen molar-refractivity contribution < 1.29 is 9.59 Å². The molecular formula is C15H19N5O2S. The Bertz CT molecular complexity index is 667. The molecule has 0 aromatic carbocycles. The van der Waals surface area contributed by atoms with Crippen LogP contribution in [0.4, 0.5) is 0 Å². The van der Waals surface area contributed by atoms with Crippen LogP contribution in [0, 0.1) is 0 Å². The van der Waals surface area contributed by atoms with Gasteiger partial charge in [-0.05, 0) is 12.8 Å². The lowest BCUT2D eigenvalue weighted by atomic mass is 9.86. The summed E-state index contributed by atoms with van der Waals surface area (Å²) in [5.41, 5.74) is 3.39. The van der Waals surface area contributed by atoms with Gasteiger partial charge in [0.2, 0.25) is 5.91 Å². The molecule has 0 aliphatic heterocycles. The molecule has 1 aliphatic carbocycles. The zero-order valence-electron chi connectivity index (χ0n) is 12.8. The Balaban J connectivity index is 1.44. The van der Waals surface area contributed by atoms with Crippen molar-refractivity contribution in [3.8, 4) is 0 Å². The van der Waals surface area contributed by atoms with E-state index in [1.54, 1.807) is 10.2 Å². The fourth-order valence-corrected chi connectivity index (χ4v) is 3.31. The molecule has 1 saturated carbocycles. The summed E-state index contributed by atoms with van der Waals surface area (Å²) in [6, 6.07) is 0. The average molecular weight is 333 g/mol. The second-order valence-electron chi connectivity index (χ2n) is 5.74. The summed E-state index contributed by atoms with van der Waals surface area (Å²) in [7, 11) is 0. The number of hydrogen-bond donors (Lipinski definition) is 1. The molecule has 1 amide bonds. The van der Waals surface area contributed by atoms with Gasteiger partial charge in [0.1, 0.15) is 5.78 Å². The van der Waals surface area contributed by atoms with E-state index in [0.717, 1.165) is 24.2 Å². The number of hydrogen-bond acceptors (Lipinski definition) is 6. The number of Topliss-reactive ketones (excluding diaryl/α,β-unsaturated/α-hetero) is 1. The number of nitrogens with zero attached hydrogens (tertiary/aromatic N) is 4. The summed E-state index contributed by atoms with van der Waals surface area (Å²) < 4.78 is 1.72. The Hall–Kier alpha value is -2.09. The Morgan fingerprint density at radius 1 is 1.48 bits per heavy atom. The highest BCUT2D eigenvalue weighted by atomic mass is 32.1. The number of aromatic nitrogens is 4. The standard InChI is InChI=1S/C15H19N5O2S/c21-13-3-1-2-11(6-13)14-8-20(19-18-14)5-4-16-15(22)7-12-9-23-10-17-12/h8-11H,1-7H2,(H,16,22). The molecule has 122 valence electrons. The third-order valence-electron chi connectivity index (χ3n) is 3.95.